The number of benzene rings is 1. The highest BCUT2D eigenvalue weighted by Gasteiger charge is 2.26. The van der Waals surface area contributed by atoms with Crippen LogP contribution in [0.1, 0.15) is 22.9 Å². The molecule has 1 fully saturated rings. The summed E-state index contributed by atoms with van der Waals surface area (Å²) in [5.41, 5.74) is 2.61. The molecule has 8 heteroatoms. The third-order valence-corrected chi connectivity index (χ3v) is 4.97. The minimum atomic E-state index is -0.227. The van der Waals surface area contributed by atoms with E-state index < -0.39 is 0 Å². The molecular formula is C21H23N5O3. The van der Waals surface area contributed by atoms with Crippen LogP contribution in [0.15, 0.2) is 36.5 Å². The molecule has 3 rings (SSSR count). The van der Waals surface area contributed by atoms with Gasteiger partial charge in [0.2, 0.25) is 0 Å². The highest BCUT2D eigenvalue weighted by molar-refractivity contribution is 5.62. The Morgan fingerprint density at radius 3 is 2.45 bits per heavy atom. The molecule has 1 aromatic carbocycles. The lowest BCUT2D eigenvalue weighted by molar-refractivity contribution is 0.114. The number of nitriles is 2. The Labute approximate surface area is 169 Å². The van der Waals surface area contributed by atoms with Gasteiger partial charge >= 0.3 is 0 Å². The SMILES string of the molecule is N#Cc1ccc(C(CO)N2CCN(c3ccc(OCCO)cc3C#N)CC2)nc1. The second-order valence-electron chi connectivity index (χ2n) is 6.67. The fourth-order valence-corrected chi connectivity index (χ4v) is 3.47. The Morgan fingerprint density at radius 2 is 1.86 bits per heavy atom. The summed E-state index contributed by atoms with van der Waals surface area (Å²) < 4.78 is 5.39. The average molecular weight is 393 g/mol. The summed E-state index contributed by atoms with van der Waals surface area (Å²) in [6.07, 6.45) is 1.52. The molecule has 2 N–H and O–H groups in total. The van der Waals surface area contributed by atoms with Crippen molar-refractivity contribution in [2.75, 3.05) is 50.9 Å². The standard InChI is InChI=1S/C21H23N5O3/c22-12-16-1-3-19(24-14-16)21(15-28)26-7-5-25(6-8-26)20-4-2-18(29-10-9-27)11-17(20)13-23/h1-4,11,14,21,27-28H,5-10,15H2. The van der Waals surface area contributed by atoms with E-state index in [-0.39, 0.29) is 25.9 Å². The predicted molar refractivity (Wildman–Crippen MR) is 106 cm³/mol. The summed E-state index contributed by atoms with van der Waals surface area (Å²) in [6.45, 7) is 2.89. The van der Waals surface area contributed by atoms with Gasteiger partial charge in [0.05, 0.1) is 41.8 Å². The highest BCUT2D eigenvalue weighted by Crippen LogP contribution is 2.28. The molecule has 0 radical (unpaired) electrons. The number of hydrogen-bond donors (Lipinski definition) is 2. The number of piperazine rings is 1. The lowest BCUT2D eigenvalue weighted by atomic mass is 10.1. The number of hydrogen-bond acceptors (Lipinski definition) is 8. The molecule has 29 heavy (non-hydrogen) atoms. The third-order valence-electron chi connectivity index (χ3n) is 4.97. The fourth-order valence-electron chi connectivity index (χ4n) is 3.47. The number of anilines is 1. The fraction of sp³-hybridized carbons (Fsp3) is 0.381. The van der Waals surface area contributed by atoms with Crippen LogP contribution in [0.2, 0.25) is 0 Å². The average Bonchev–Trinajstić information content (AvgIpc) is 2.79. The Hall–Kier alpha value is -3.17. The normalized spacial score (nSPS) is 15.4. The van der Waals surface area contributed by atoms with Gasteiger partial charge in [0.25, 0.3) is 0 Å². The molecule has 2 heterocycles. The van der Waals surface area contributed by atoms with Gasteiger partial charge in [0.1, 0.15) is 24.5 Å². The van der Waals surface area contributed by atoms with Gasteiger partial charge in [-0.1, -0.05) is 0 Å². The zero-order valence-electron chi connectivity index (χ0n) is 16.0. The highest BCUT2D eigenvalue weighted by atomic mass is 16.5. The van der Waals surface area contributed by atoms with Crippen LogP contribution in [0.5, 0.6) is 5.75 Å². The van der Waals surface area contributed by atoms with Gasteiger partial charge in [0.15, 0.2) is 0 Å². The van der Waals surface area contributed by atoms with E-state index in [1.165, 1.54) is 6.20 Å². The second-order valence-corrected chi connectivity index (χ2v) is 6.67. The van der Waals surface area contributed by atoms with Crippen molar-refractivity contribution >= 4 is 5.69 Å². The second kappa shape index (κ2) is 9.85. The molecule has 1 saturated heterocycles. The first-order chi connectivity index (χ1) is 14.2. The minimum Gasteiger partial charge on any atom is -0.491 e. The molecule has 0 saturated carbocycles. The summed E-state index contributed by atoms with van der Waals surface area (Å²) in [7, 11) is 0. The van der Waals surface area contributed by atoms with E-state index in [2.05, 4.69) is 20.9 Å². The van der Waals surface area contributed by atoms with Crippen LogP contribution in [0.3, 0.4) is 0 Å². The van der Waals surface area contributed by atoms with Crippen molar-refractivity contribution in [2.24, 2.45) is 0 Å². The largest absolute Gasteiger partial charge is 0.491 e. The van der Waals surface area contributed by atoms with Crippen molar-refractivity contribution in [1.29, 1.82) is 10.5 Å². The van der Waals surface area contributed by atoms with Gasteiger partial charge in [-0.3, -0.25) is 9.88 Å². The zero-order chi connectivity index (χ0) is 20.6. The van der Waals surface area contributed by atoms with Crippen molar-refractivity contribution in [3.8, 4) is 17.9 Å². The monoisotopic (exact) mass is 393 g/mol. The minimum absolute atomic E-state index is 0.0563. The van der Waals surface area contributed by atoms with E-state index in [1.807, 2.05) is 12.1 Å². The molecule has 8 nitrogen and oxygen atoms in total. The molecule has 0 amide bonds. The zero-order valence-corrected chi connectivity index (χ0v) is 16.0. The van der Waals surface area contributed by atoms with Gasteiger partial charge in [-0.2, -0.15) is 10.5 Å². The van der Waals surface area contributed by atoms with Crippen LogP contribution >= 0.6 is 0 Å². The number of ether oxygens (including phenoxy) is 1. The van der Waals surface area contributed by atoms with E-state index in [1.54, 1.807) is 24.3 Å². The number of aliphatic hydroxyl groups excluding tert-OH is 2. The van der Waals surface area contributed by atoms with E-state index in [0.29, 0.717) is 43.1 Å². The Morgan fingerprint density at radius 1 is 1.07 bits per heavy atom. The van der Waals surface area contributed by atoms with Crippen molar-refractivity contribution in [3.05, 3.63) is 53.3 Å². The molecule has 1 aromatic heterocycles. The first-order valence-corrected chi connectivity index (χ1v) is 9.44. The van der Waals surface area contributed by atoms with E-state index in [9.17, 15) is 10.4 Å². The molecular weight excluding hydrogens is 370 g/mol. The smallest absolute Gasteiger partial charge is 0.120 e. The number of nitrogens with zero attached hydrogens (tertiary/aromatic N) is 5. The quantitative estimate of drug-likeness (QED) is 0.717. The van der Waals surface area contributed by atoms with Gasteiger partial charge in [-0.05, 0) is 30.3 Å². The molecule has 1 aliphatic heterocycles. The summed E-state index contributed by atoms with van der Waals surface area (Å²) in [5.74, 6) is 0.560. The van der Waals surface area contributed by atoms with Gasteiger partial charge < -0.3 is 19.8 Å². The number of pyridine rings is 1. The Bertz CT molecular complexity index is 896. The maximum Gasteiger partial charge on any atom is 0.120 e. The number of rotatable bonds is 7. The van der Waals surface area contributed by atoms with E-state index in [4.69, 9.17) is 15.1 Å². The first-order valence-electron chi connectivity index (χ1n) is 9.44. The van der Waals surface area contributed by atoms with Gasteiger partial charge in [-0.25, -0.2) is 0 Å². The maximum atomic E-state index is 9.89. The van der Waals surface area contributed by atoms with Crippen molar-refractivity contribution in [1.82, 2.24) is 9.88 Å². The van der Waals surface area contributed by atoms with Crippen molar-refractivity contribution in [2.45, 2.75) is 6.04 Å². The lowest BCUT2D eigenvalue weighted by Crippen LogP contribution is -2.48. The third kappa shape index (κ3) is 4.82. The number of aliphatic hydroxyl groups is 2. The van der Waals surface area contributed by atoms with Crippen LogP contribution in [0, 0.1) is 22.7 Å². The van der Waals surface area contributed by atoms with Crippen LogP contribution in [-0.2, 0) is 0 Å². The molecule has 150 valence electrons. The molecule has 0 bridgehead atoms. The summed E-state index contributed by atoms with van der Waals surface area (Å²) in [5, 5.41) is 37.2. The van der Waals surface area contributed by atoms with Crippen molar-refractivity contribution in [3.63, 3.8) is 0 Å². The van der Waals surface area contributed by atoms with Crippen LogP contribution < -0.4 is 9.64 Å². The lowest BCUT2D eigenvalue weighted by Gasteiger charge is -2.39. The number of aromatic nitrogens is 1. The summed E-state index contributed by atoms with van der Waals surface area (Å²) in [6, 6.07) is 12.9. The molecule has 0 aliphatic carbocycles. The van der Waals surface area contributed by atoms with Crippen molar-refractivity contribution < 1.29 is 14.9 Å². The molecule has 0 spiro atoms. The van der Waals surface area contributed by atoms with E-state index in [0.717, 1.165) is 11.4 Å². The topological polar surface area (TPSA) is 117 Å². The van der Waals surface area contributed by atoms with Crippen LogP contribution in [0.25, 0.3) is 0 Å². The molecule has 1 aliphatic rings. The predicted octanol–water partition coefficient (Wildman–Crippen LogP) is 1.05. The maximum absolute atomic E-state index is 9.89. The summed E-state index contributed by atoms with van der Waals surface area (Å²) in [4.78, 5) is 8.63. The molecule has 2 aromatic rings. The van der Waals surface area contributed by atoms with E-state index >= 15 is 0 Å². The van der Waals surface area contributed by atoms with Crippen LogP contribution in [-0.4, -0.2) is 66.1 Å². The molecule has 1 unspecified atom stereocenters. The van der Waals surface area contributed by atoms with Gasteiger partial charge in [0, 0.05) is 32.4 Å². The Kier molecular flexibility index (Phi) is 6.99. The Balaban J connectivity index is 1.68. The summed E-state index contributed by atoms with van der Waals surface area (Å²) >= 11 is 0. The van der Waals surface area contributed by atoms with Crippen LogP contribution in [0.4, 0.5) is 5.69 Å². The first kappa shape index (κ1) is 20.6. The molecule has 1 atom stereocenters. The van der Waals surface area contributed by atoms with Gasteiger partial charge in [-0.15, -0.1) is 0 Å².